The first kappa shape index (κ1) is 15.2. The molecule has 0 atom stereocenters. The minimum absolute atomic E-state index is 0.0632. The Balaban J connectivity index is 1.84. The van der Waals surface area contributed by atoms with Crippen LogP contribution in [0.3, 0.4) is 0 Å². The van der Waals surface area contributed by atoms with Gasteiger partial charge in [-0.25, -0.2) is 0 Å². The standard InChI is InChI=1S/C19H18N2O2S/c1-20-16-7-10-24-18(16)11-17(20)19(22)14-12-21(8-9-23-2)15-6-4-3-5-13(14)15/h3-7,10-12H,8-9H2,1-2H3. The van der Waals surface area contributed by atoms with Crippen LogP contribution < -0.4 is 0 Å². The highest BCUT2D eigenvalue weighted by molar-refractivity contribution is 7.17. The number of para-hydroxylation sites is 1. The summed E-state index contributed by atoms with van der Waals surface area (Å²) in [5.74, 6) is 0.0632. The second-order valence-corrected chi connectivity index (χ2v) is 6.78. The molecule has 0 N–H and O–H groups in total. The molecule has 4 nitrogen and oxygen atoms in total. The van der Waals surface area contributed by atoms with E-state index in [0.29, 0.717) is 6.61 Å². The average Bonchev–Trinajstić information content (AvgIpc) is 3.28. The van der Waals surface area contributed by atoms with Crippen LogP contribution in [0.4, 0.5) is 0 Å². The molecule has 0 amide bonds. The number of thiophene rings is 1. The number of aromatic nitrogens is 2. The van der Waals surface area contributed by atoms with E-state index >= 15 is 0 Å². The van der Waals surface area contributed by atoms with Gasteiger partial charge in [0.25, 0.3) is 0 Å². The number of fused-ring (bicyclic) bond motifs is 2. The molecular formula is C19H18N2O2S. The molecule has 0 saturated heterocycles. The minimum atomic E-state index is 0.0632. The van der Waals surface area contributed by atoms with Crippen LogP contribution in [-0.2, 0) is 18.3 Å². The van der Waals surface area contributed by atoms with Gasteiger partial charge >= 0.3 is 0 Å². The Morgan fingerprint density at radius 2 is 2.04 bits per heavy atom. The number of ketones is 1. The first-order valence-corrected chi connectivity index (χ1v) is 8.73. The van der Waals surface area contributed by atoms with Gasteiger partial charge in [-0.3, -0.25) is 4.79 Å². The van der Waals surface area contributed by atoms with Crippen molar-refractivity contribution >= 4 is 38.2 Å². The van der Waals surface area contributed by atoms with E-state index in [4.69, 9.17) is 4.74 Å². The Hall–Kier alpha value is -2.37. The van der Waals surface area contributed by atoms with Crippen molar-refractivity contribution < 1.29 is 9.53 Å². The van der Waals surface area contributed by atoms with Crippen molar-refractivity contribution in [1.82, 2.24) is 9.13 Å². The number of carbonyl (C=O) groups excluding carboxylic acids is 1. The zero-order valence-electron chi connectivity index (χ0n) is 13.7. The predicted octanol–water partition coefficient (Wildman–Crippen LogP) is 4.07. The minimum Gasteiger partial charge on any atom is -0.383 e. The molecule has 0 aliphatic carbocycles. The number of methoxy groups -OCH3 is 1. The Labute approximate surface area is 143 Å². The molecule has 0 radical (unpaired) electrons. The van der Waals surface area contributed by atoms with Crippen molar-refractivity contribution in [1.29, 1.82) is 0 Å². The molecule has 4 aromatic rings. The molecule has 24 heavy (non-hydrogen) atoms. The third-order valence-corrected chi connectivity index (χ3v) is 5.32. The molecule has 1 aromatic carbocycles. The van der Waals surface area contributed by atoms with Gasteiger partial charge in [0, 0.05) is 43.4 Å². The first-order chi connectivity index (χ1) is 11.7. The average molecular weight is 338 g/mol. The van der Waals surface area contributed by atoms with Crippen LogP contribution in [0.5, 0.6) is 0 Å². The third kappa shape index (κ3) is 2.28. The van der Waals surface area contributed by atoms with Crippen LogP contribution in [0.2, 0.25) is 0 Å². The Morgan fingerprint density at radius 3 is 2.83 bits per heavy atom. The van der Waals surface area contributed by atoms with E-state index in [1.165, 1.54) is 0 Å². The molecule has 3 aromatic heterocycles. The fraction of sp³-hybridized carbons (Fsp3) is 0.211. The van der Waals surface area contributed by atoms with Crippen molar-refractivity contribution in [2.45, 2.75) is 6.54 Å². The third-order valence-electron chi connectivity index (χ3n) is 4.47. The van der Waals surface area contributed by atoms with Gasteiger partial charge in [-0.1, -0.05) is 18.2 Å². The molecule has 0 aliphatic heterocycles. The van der Waals surface area contributed by atoms with Crippen molar-refractivity contribution in [3.05, 3.63) is 59.2 Å². The van der Waals surface area contributed by atoms with E-state index in [-0.39, 0.29) is 5.78 Å². The summed E-state index contributed by atoms with van der Waals surface area (Å²) >= 11 is 1.66. The van der Waals surface area contributed by atoms with Crippen molar-refractivity contribution in [2.75, 3.05) is 13.7 Å². The number of nitrogens with zero attached hydrogens (tertiary/aromatic N) is 2. The lowest BCUT2D eigenvalue weighted by Gasteiger charge is -2.03. The molecule has 0 bridgehead atoms. The maximum atomic E-state index is 13.2. The number of benzene rings is 1. The summed E-state index contributed by atoms with van der Waals surface area (Å²) in [6, 6.07) is 12.1. The van der Waals surface area contributed by atoms with E-state index in [2.05, 4.69) is 16.0 Å². The van der Waals surface area contributed by atoms with Gasteiger partial charge in [0.05, 0.1) is 22.5 Å². The van der Waals surface area contributed by atoms with Gasteiger partial charge in [0.1, 0.15) is 0 Å². The van der Waals surface area contributed by atoms with Crippen LogP contribution in [-0.4, -0.2) is 28.6 Å². The highest BCUT2D eigenvalue weighted by Crippen LogP contribution is 2.28. The zero-order chi connectivity index (χ0) is 16.7. The molecule has 0 saturated carbocycles. The number of aryl methyl sites for hydroxylation is 1. The normalized spacial score (nSPS) is 11.6. The van der Waals surface area contributed by atoms with E-state index in [9.17, 15) is 4.79 Å². The summed E-state index contributed by atoms with van der Waals surface area (Å²) in [6.07, 6.45) is 1.95. The molecule has 3 heterocycles. The van der Waals surface area contributed by atoms with Crippen molar-refractivity contribution in [2.24, 2.45) is 7.05 Å². The molecule has 0 unspecified atom stereocenters. The van der Waals surface area contributed by atoms with Crippen LogP contribution in [0.25, 0.3) is 21.1 Å². The molecule has 122 valence electrons. The van der Waals surface area contributed by atoms with Crippen LogP contribution in [0.1, 0.15) is 16.1 Å². The predicted molar refractivity (Wildman–Crippen MR) is 98.0 cm³/mol. The Bertz CT molecular complexity index is 1040. The van der Waals surface area contributed by atoms with E-state index < -0.39 is 0 Å². The second-order valence-electron chi connectivity index (χ2n) is 5.83. The quantitative estimate of drug-likeness (QED) is 0.514. The fourth-order valence-electron chi connectivity index (χ4n) is 3.21. The lowest BCUT2D eigenvalue weighted by atomic mass is 10.1. The van der Waals surface area contributed by atoms with Crippen molar-refractivity contribution in [3.8, 4) is 0 Å². The first-order valence-electron chi connectivity index (χ1n) is 7.85. The zero-order valence-corrected chi connectivity index (χ0v) is 14.5. The Kier molecular flexibility index (Phi) is 3.75. The number of ether oxygens (including phenoxy) is 1. The van der Waals surface area contributed by atoms with E-state index in [1.54, 1.807) is 18.4 Å². The summed E-state index contributed by atoms with van der Waals surface area (Å²) in [4.78, 5) is 13.2. The van der Waals surface area contributed by atoms with Crippen LogP contribution >= 0.6 is 11.3 Å². The molecule has 0 spiro atoms. The van der Waals surface area contributed by atoms with Gasteiger partial charge in [0.2, 0.25) is 5.78 Å². The molecule has 0 fully saturated rings. The lowest BCUT2D eigenvalue weighted by Crippen LogP contribution is -2.07. The number of hydrogen-bond donors (Lipinski definition) is 0. The van der Waals surface area contributed by atoms with Crippen LogP contribution in [0.15, 0.2) is 48.0 Å². The summed E-state index contributed by atoms with van der Waals surface area (Å²) in [5.41, 5.74) is 3.64. The largest absolute Gasteiger partial charge is 0.383 e. The number of hydrogen-bond acceptors (Lipinski definition) is 3. The summed E-state index contributed by atoms with van der Waals surface area (Å²) in [5, 5.41) is 3.04. The maximum absolute atomic E-state index is 13.2. The lowest BCUT2D eigenvalue weighted by molar-refractivity contribution is 0.103. The van der Waals surface area contributed by atoms with Crippen molar-refractivity contribution in [3.63, 3.8) is 0 Å². The summed E-state index contributed by atoms with van der Waals surface area (Å²) in [7, 11) is 3.64. The second kappa shape index (κ2) is 5.92. The number of rotatable bonds is 5. The fourth-order valence-corrected chi connectivity index (χ4v) is 4.06. The van der Waals surface area contributed by atoms with Gasteiger partial charge in [-0.05, 0) is 23.6 Å². The summed E-state index contributed by atoms with van der Waals surface area (Å²) < 4.78 is 10.4. The Morgan fingerprint density at radius 1 is 1.21 bits per heavy atom. The van der Waals surface area contributed by atoms with Gasteiger partial charge in [-0.15, -0.1) is 11.3 Å². The maximum Gasteiger partial charge on any atom is 0.211 e. The molecule has 4 rings (SSSR count). The monoisotopic (exact) mass is 338 g/mol. The highest BCUT2D eigenvalue weighted by atomic mass is 32.1. The summed E-state index contributed by atoms with van der Waals surface area (Å²) in [6.45, 7) is 1.35. The smallest absolute Gasteiger partial charge is 0.211 e. The SMILES string of the molecule is COCCn1cc(C(=O)c2cc3sccc3n2C)c2ccccc21. The topological polar surface area (TPSA) is 36.2 Å². The van der Waals surface area contributed by atoms with E-state index in [0.717, 1.165) is 38.9 Å². The van der Waals surface area contributed by atoms with Gasteiger partial charge < -0.3 is 13.9 Å². The molecular weight excluding hydrogens is 320 g/mol. The van der Waals surface area contributed by atoms with Gasteiger partial charge in [0.15, 0.2) is 0 Å². The van der Waals surface area contributed by atoms with E-state index in [1.807, 2.05) is 48.1 Å². The molecule has 5 heteroatoms. The van der Waals surface area contributed by atoms with Crippen LogP contribution in [0, 0.1) is 0 Å². The molecule has 0 aliphatic rings. The number of carbonyl (C=O) groups is 1. The highest BCUT2D eigenvalue weighted by Gasteiger charge is 2.20. The van der Waals surface area contributed by atoms with Gasteiger partial charge in [-0.2, -0.15) is 0 Å².